The van der Waals surface area contributed by atoms with Crippen LogP contribution in [0.1, 0.15) is 50.6 Å². The van der Waals surface area contributed by atoms with Gasteiger partial charge >= 0.3 is 0 Å². The van der Waals surface area contributed by atoms with Gasteiger partial charge in [-0.2, -0.15) is 0 Å². The van der Waals surface area contributed by atoms with Crippen LogP contribution in [0.4, 0.5) is 5.69 Å². The third-order valence-corrected chi connectivity index (χ3v) is 6.67. The molecule has 1 aromatic carbocycles. The second kappa shape index (κ2) is 7.35. The number of rotatable bonds is 4. The maximum absolute atomic E-state index is 12.2. The van der Waals surface area contributed by atoms with Gasteiger partial charge in [-0.05, 0) is 73.2 Å². The summed E-state index contributed by atoms with van der Waals surface area (Å²) in [5.74, 6) is 0.874. The minimum atomic E-state index is 0.132. The smallest absolute Gasteiger partial charge is 0.219 e. The molecule has 0 radical (unpaired) electrons. The van der Waals surface area contributed by atoms with E-state index in [1.807, 2.05) is 4.90 Å². The van der Waals surface area contributed by atoms with Crippen molar-refractivity contribution in [2.75, 3.05) is 44.2 Å². The number of anilines is 1. The second-order valence-corrected chi connectivity index (χ2v) is 8.67. The number of nitrogens with zero attached hydrogens (tertiary/aromatic N) is 5. The van der Waals surface area contributed by atoms with Crippen molar-refractivity contribution in [3.8, 4) is 0 Å². The summed E-state index contributed by atoms with van der Waals surface area (Å²) in [7, 11) is 0. The number of carbonyl (C=O) groups is 1. The largest absolute Gasteiger partial charge is 0.369 e. The van der Waals surface area contributed by atoms with Crippen molar-refractivity contribution in [1.29, 1.82) is 0 Å². The number of aromatic nitrogens is 2. The van der Waals surface area contributed by atoms with Gasteiger partial charge < -0.3 is 14.7 Å². The molecular formula is C21H29N5O2. The molecule has 0 spiro atoms. The Morgan fingerprint density at radius 2 is 1.89 bits per heavy atom. The summed E-state index contributed by atoms with van der Waals surface area (Å²) >= 11 is 0. The highest BCUT2D eigenvalue weighted by Crippen LogP contribution is 2.38. The molecule has 28 heavy (non-hydrogen) atoms. The lowest BCUT2D eigenvalue weighted by Crippen LogP contribution is -2.51. The first kappa shape index (κ1) is 17.9. The van der Waals surface area contributed by atoms with Crippen molar-refractivity contribution in [3.63, 3.8) is 0 Å². The molecule has 7 heteroatoms. The van der Waals surface area contributed by atoms with Crippen LogP contribution in [0.25, 0.3) is 11.0 Å². The van der Waals surface area contributed by atoms with Crippen molar-refractivity contribution in [3.05, 3.63) is 17.7 Å². The lowest BCUT2D eigenvalue weighted by molar-refractivity contribution is -0.132. The first-order valence-corrected chi connectivity index (χ1v) is 10.7. The van der Waals surface area contributed by atoms with Gasteiger partial charge in [-0.15, -0.1) is 0 Å². The van der Waals surface area contributed by atoms with Crippen LogP contribution in [0.15, 0.2) is 16.8 Å². The topological polar surface area (TPSA) is 65.7 Å². The highest BCUT2D eigenvalue weighted by Gasteiger charge is 2.33. The molecule has 150 valence electrons. The van der Waals surface area contributed by atoms with Crippen molar-refractivity contribution >= 4 is 22.6 Å². The molecule has 1 unspecified atom stereocenters. The summed E-state index contributed by atoms with van der Waals surface area (Å²) in [5, 5.41) is 8.29. The predicted molar refractivity (Wildman–Crippen MR) is 107 cm³/mol. The van der Waals surface area contributed by atoms with E-state index in [2.05, 4.69) is 32.2 Å². The van der Waals surface area contributed by atoms with Gasteiger partial charge in [-0.25, -0.2) is 4.63 Å². The third kappa shape index (κ3) is 3.26. The van der Waals surface area contributed by atoms with E-state index in [9.17, 15) is 4.79 Å². The number of piperidine rings is 1. The monoisotopic (exact) mass is 383 g/mol. The van der Waals surface area contributed by atoms with Crippen molar-refractivity contribution in [2.45, 2.75) is 45.1 Å². The summed E-state index contributed by atoms with van der Waals surface area (Å²) in [6.45, 7) is 8.35. The molecule has 0 saturated carbocycles. The second-order valence-electron chi connectivity index (χ2n) is 8.67. The number of hydrogen-bond acceptors (Lipinski definition) is 6. The normalized spacial score (nSPS) is 24.1. The average Bonchev–Trinajstić information content (AvgIpc) is 3.35. The zero-order chi connectivity index (χ0) is 19.1. The Hall–Kier alpha value is -2.15. The van der Waals surface area contributed by atoms with Crippen LogP contribution in [0.5, 0.6) is 0 Å². The Balaban J connectivity index is 1.38. The minimum Gasteiger partial charge on any atom is -0.369 e. The summed E-state index contributed by atoms with van der Waals surface area (Å²) < 4.78 is 5.06. The fourth-order valence-corrected chi connectivity index (χ4v) is 5.19. The molecule has 3 fully saturated rings. The standard InChI is InChI=1S/C21H29N5O2/c1-15(27)26-9-3-2-6-19(26)17-10-18-21(23-28-22-18)20(11-17)25-13-16(14-25)12-24-7-4-5-8-24/h10-11,16,19H,2-9,12-14H2,1H3. The maximum atomic E-state index is 12.2. The van der Waals surface area contributed by atoms with Gasteiger partial charge in [-0.1, -0.05) is 0 Å². The zero-order valence-electron chi connectivity index (χ0n) is 16.6. The zero-order valence-corrected chi connectivity index (χ0v) is 16.6. The van der Waals surface area contributed by atoms with Crippen molar-refractivity contribution < 1.29 is 9.42 Å². The Morgan fingerprint density at radius 3 is 2.68 bits per heavy atom. The van der Waals surface area contributed by atoms with E-state index in [0.717, 1.165) is 67.1 Å². The Bertz CT molecular complexity index is 854. The number of hydrogen-bond donors (Lipinski definition) is 0. The molecule has 5 rings (SSSR count). The number of amides is 1. The van der Waals surface area contributed by atoms with Crippen LogP contribution >= 0.6 is 0 Å². The molecular weight excluding hydrogens is 354 g/mol. The van der Waals surface area contributed by atoms with Crippen LogP contribution in [0.2, 0.25) is 0 Å². The first-order valence-electron chi connectivity index (χ1n) is 10.7. The molecule has 0 aliphatic carbocycles. The number of fused-ring (bicyclic) bond motifs is 1. The lowest BCUT2D eigenvalue weighted by Gasteiger charge is -2.43. The van der Waals surface area contributed by atoms with Gasteiger partial charge in [-0.3, -0.25) is 4.79 Å². The molecule has 7 nitrogen and oxygen atoms in total. The highest BCUT2D eigenvalue weighted by molar-refractivity contribution is 5.89. The van der Waals surface area contributed by atoms with Crippen LogP contribution < -0.4 is 4.90 Å². The van der Waals surface area contributed by atoms with E-state index in [0.29, 0.717) is 0 Å². The number of carbonyl (C=O) groups excluding carboxylic acids is 1. The minimum absolute atomic E-state index is 0.132. The van der Waals surface area contributed by atoms with Crippen LogP contribution in [0, 0.1) is 5.92 Å². The molecule has 0 bridgehead atoms. The van der Waals surface area contributed by atoms with Crippen LogP contribution in [-0.2, 0) is 4.79 Å². The predicted octanol–water partition coefficient (Wildman–Crippen LogP) is 2.83. The lowest BCUT2D eigenvalue weighted by atomic mass is 9.92. The molecule has 3 aliphatic heterocycles. The summed E-state index contributed by atoms with van der Waals surface area (Å²) in [6.07, 6.45) is 5.93. The molecule has 3 aliphatic rings. The van der Waals surface area contributed by atoms with Gasteiger partial charge in [0, 0.05) is 39.0 Å². The first-order chi connectivity index (χ1) is 13.7. The summed E-state index contributed by atoms with van der Waals surface area (Å²) in [5.41, 5.74) is 3.91. The summed E-state index contributed by atoms with van der Waals surface area (Å²) in [4.78, 5) is 19.2. The van der Waals surface area contributed by atoms with Crippen molar-refractivity contribution in [2.24, 2.45) is 5.92 Å². The number of likely N-dealkylation sites (tertiary alicyclic amines) is 2. The van der Waals surface area contributed by atoms with E-state index in [1.165, 1.54) is 32.5 Å². The fourth-order valence-electron chi connectivity index (χ4n) is 5.19. The highest BCUT2D eigenvalue weighted by atomic mass is 16.6. The van der Waals surface area contributed by atoms with E-state index in [1.54, 1.807) is 6.92 Å². The Morgan fingerprint density at radius 1 is 1.11 bits per heavy atom. The maximum Gasteiger partial charge on any atom is 0.219 e. The van der Waals surface area contributed by atoms with E-state index in [4.69, 9.17) is 4.63 Å². The third-order valence-electron chi connectivity index (χ3n) is 6.67. The van der Waals surface area contributed by atoms with E-state index in [-0.39, 0.29) is 11.9 Å². The van der Waals surface area contributed by atoms with Gasteiger partial charge in [0.15, 0.2) is 5.52 Å². The molecule has 1 aromatic heterocycles. The Kier molecular flexibility index (Phi) is 4.70. The summed E-state index contributed by atoms with van der Waals surface area (Å²) in [6, 6.07) is 4.42. The molecule has 4 heterocycles. The molecule has 1 atom stereocenters. The average molecular weight is 383 g/mol. The van der Waals surface area contributed by atoms with Crippen LogP contribution in [0.3, 0.4) is 0 Å². The van der Waals surface area contributed by atoms with E-state index >= 15 is 0 Å². The van der Waals surface area contributed by atoms with Gasteiger partial charge in [0.05, 0.1) is 11.7 Å². The molecule has 1 amide bonds. The van der Waals surface area contributed by atoms with Gasteiger partial charge in [0.1, 0.15) is 5.52 Å². The van der Waals surface area contributed by atoms with E-state index < -0.39 is 0 Å². The fraction of sp³-hybridized carbons (Fsp3) is 0.667. The number of benzene rings is 1. The quantitative estimate of drug-likeness (QED) is 0.809. The molecule has 3 saturated heterocycles. The van der Waals surface area contributed by atoms with Gasteiger partial charge in [0.2, 0.25) is 5.91 Å². The molecule has 0 N–H and O–H groups in total. The Labute approximate surface area is 165 Å². The SMILES string of the molecule is CC(=O)N1CCCCC1c1cc(N2CC(CN3CCCC3)C2)c2nonc2c1. The molecule has 2 aromatic rings. The van der Waals surface area contributed by atoms with Crippen molar-refractivity contribution in [1.82, 2.24) is 20.1 Å². The van der Waals surface area contributed by atoms with Gasteiger partial charge in [0.25, 0.3) is 0 Å². The van der Waals surface area contributed by atoms with Crippen LogP contribution in [-0.4, -0.2) is 65.3 Å².